The molecule has 84 valence electrons. The molecule has 0 spiro atoms. The summed E-state index contributed by atoms with van der Waals surface area (Å²) in [7, 11) is 0. The monoisotopic (exact) mass is 281 g/mol. The van der Waals surface area contributed by atoms with Gasteiger partial charge in [-0.15, -0.1) is 0 Å². The number of nitrogens with one attached hydrogen (secondary N) is 1. The Labute approximate surface area is 101 Å². The Morgan fingerprint density at radius 2 is 2.38 bits per heavy atom. The topological polar surface area (TPSA) is 50.1 Å². The zero-order chi connectivity index (χ0) is 11.1. The first-order valence-electron chi connectivity index (χ1n) is 5.33. The molecule has 16 heavy (non-hydrogen) atoms. The van der Waals surface area contributed by atoms with Crippen molar-refractivity contribution in [3.8, 4) is 5.75 Å². The second kappa shape index (κ2) is 3.75. The molecule has 1 fully saturated rings. The molecular weight excluding hydrogens is 270 g/mol. The number of para-hydroxylation sites is 1. The molecule has 4 nitrogen and oxygen atoms in total. The van der Waals surface area contributed by atoms with Crippen molar-refractivity contribution in [1.82, 2.24) is 14.9 Å². The Hall–Kier alpha value is -1.07. The van der Waals surface area contributed by atoms with Crippen LogP contribution in [0.5, 0.6) is 5.75 Å². The standard InChI is InChI=1S/C11H12BrN3O/c12-11-14-10-8(2-1-3-9(10)16)15(11)7-4-5-13-6-7/h1-3,7,13,16H,4-6H2. The second-order valence-corrected chi connectivity index (χ2v) is 4.75. The highest BCUT2D eigenvalue weighted by Crippen LogP contribution is 2.31. The molecule has 2 N–H and O–H groups in total. The fourth-order valence-electron chi connectivity index (χ4n) is 2.28. The van der Waals surface area contributed by atoms with Gasteiger partial charge in [0.1, 0.15) is 11.3 Å². The van der Waals surface area contributed by atoms with Gasteiger partial charge in [-0.3, -0.25) is 0 Å². The first-order valence-corrected chi connectivity index (χ1v) is 6.13. The number of phenols is 1. The third kappa shape index (κ3) is 1.43. The normalized spacial score (nSPS) is 20.7. The third-order valence-electron chi connectivity index (χ3n) is 3.06. The summed E-state index contributed by atoms with van der Waals surface area (Å²) in [6.07, 6.45) is 1.10. The number of rotatable bonds is 1. The Kier molecular flexibility index (Phi) is 2.37. The van der Waals surface area contributed by atoms with E-state index in [1.54, 1.807) is 6.07 Å². The smallest absolute Gasteiger partial charge is 0.178 e. The summed E-state index contributed by atoms with van der Waals surface area (Å²) in [4.78, 5) is 4.36. The van der Waals surface area contributed by atoms with Crippen molar-refractivity contribution in [2.24, 2.45) is 0 Å². The Morgan fingerprint density at radius 3 is 3.12 bits per heavy atom. The molecule has 1 aromatic heterocycles. The second-order valence-electron chi connectivity index (χ2n) is 4.04. The van der Waals surface area contributed by atoms with Crippen LogP contribution in [-0.2, 0) is 0 Å². The molecule has 1 saturated heterocycles. The maximum absolute atomic E-state index is 9.74. The lowest BCUT2D eigenvalue weighted by Crippen LogP contribution is -2.13. The largest absolute Gasteiger partial charge is 0.506 e. The van der Waals surface area contributed by atoms with E-state index in [0.717, 1.165) is 29.8 Å². The fourth-order valence-corrected chi connectivity index (χ4v) is 2.94. The van der Waals surface area contributed by atoms with Crippen LogP contribution in [0.1, 0.15) is 12.5 Å². The van der Waals surface area contributed by atoms with Crippen LogP contribution < -0.4 is 5.32 Å². The van der Waals surface area contributed by atoms with Gasteiger partial charge in [0.15, 0.2) is 4.73 Å². The summed E-state index contributed by atoms with van der Waals surface area (Å²) in [6, 6.07) is 5.93. The molecule has 1 aliphatic rings. The highest BCUT2D eigenvalue weighted by Gasteiger charge is 2.22. The van der Waals surface area contributed by atoms with Crippen molar-refractivity contribution in [1.29, 1.82) is 0 Å². The number of aromatic hydroxyl groups is 1. The molecule has 5 heteroatoms. The summed E-state index contributed by atoms with van der Waals surface area (Å²) >= 11 is 3.47. The van der Waals surface area contributed by atoms with E-state index < -0.39 is 0 Å². The van der Waals surface area contributed by atoms with Gasteiger partial charge in [-0.2, -0.15) is 0 Å². The van der Waals surface area contributed by atoms with Crippen LogP contribution in [0, 0.1) is 0 Å². The number of aromatic nitrogens is 2. The number of fused-ring (bicyclic) bond motifs is 1. The number of halogens is 1. The molecule has 1 unspecified atom stereocenters. The minimum Gasteiger partial charge on any atom is -0.506 e. The molecule has 0 bridgehead atoms. The highest BCUT2D eigenvalue weighted by molar-refractivity contribution is 9.10. The van der Waals surface area contributed by atoms with Crippen LogP contribution in [0.15, 0.2) is 22.9 Å². The van der Waals surface area contributed by atoms with Gasteiger partial charge < -0.3 is 15.0 Å². The van der Waals surface area contributed by atoms with Gasteiger partial charge >= 0.3 is 0 Å². The van der Waals surface area contributed by atoms with Gasteiger partial charge in [-0.1, -0.05) is 6.07 Å². The van der Waals surface area contributed by atoms with E-state index in [4.69, 9.17) is 0 Å². The van der Waals surface area contributed by atoms with E-state index in [-0.39, 0.29) is 5.75 Å². The predicted molar refractivity (Wildman–Crippen MR) is 65.6 cm³/mol. The molecule has 1 aliphatic heterocycles. The number of benzene rings is 1. The summed E-state index contributed by atoms with van der Waals surface area (Å²) in [5, 5.41) is 13.1. The zero-order valence-electron chi connectivity index (χ0n) is 8.65. The van der Waals surface area contributed by atoms with Crippen molar-refractivity contribution < 1.29 is 5.11 Å². The first kappa shape index (κ1) is 10.1. The van der Waals surface area contributed by atoms with Crippen LogP contribution in [0.4, 0.5) is 0 Å². The quantitative estimate of drug-likeness (QED) is 0.841. The lowest BCUT2D eigenvalue weighted by molar-refractivity contribution is 0.480. The summed E-state index contributed by atoms with van der Waals surface area (Å²) < 4.78 is 2.94. The molecule has 0 saturated carbocycles. The van der Waals surface area contributed by atoms with Crippen molar-refractivity contribution in [2.75, 3.05) is 13.1 Å². The number of imidazole rings is 1. The summed E-state index contributed by atoms with van der Waals surface area (Å²) in [6.45, 7) is 2.00. The number of phenolic OH excluding ortho intramolecular Hbond substituents is 1. The van der Waals surface area contributed by atoms with Gasteiger partial charge in [0.05, 0.1) is 5.52 Å². The van der Waals surface area contributed by atoms with Gasteiger partial charge in [-0.25, -0.2) is 4.98 Å². The SMILES string of the molecule is Oc1cccc2c1nc(Br)n2C1CCNC1. The van der Waals surface area contributed by atoms with Crippen molar-refractivity contribution in [3.63, 3.8) is 0 Å². The predicted octanol–water partition coefficient (Wildman–Crippen LogP) is 2.04. The van der Waals surface area contributed by atoms with Crippen molar-refractivity contribution >= 4 is 27.0 Å². The summed E-state index contributed by atoms with van der Waals surface area (Å²) in [5.74, 6) is 0.239. The number of hydrogen-bond acceptors (Lipinski definition) is 3. The van der Waals surface area contributed by atoms with Crippen LogP contribution in [-0.4, -0.2) is 27.7 Å². The van der Waals surface area contributed by atoms with E-state index in [1.807, 2.05) is 12.1 Å². The summed E-state index contributed by atoms with van der Waals surface area (Å²) in [5.41, 5.74) is 1.65. The Morgan fingerprint density at radius 1 is 1.50 bits per heavy atom. The minimum atomic E-state index is 0.239. The van der Waals surface area contributed by atoms with E-state index >= 15 is 0 Å². The molecule has 0 amide bonds. The van der Waals surface area contributed by atoms with Crippen LogP contribution in [0.25, 0.3) is 11.0 Å². The fraction of sp³-hybridized carbons (Fsp3) is 0.364. The van der Waals surface area contributed by atoms with Gasteiger partial charge in [-0.05, 0) is 41.0 Å². The van der Waals surface area contributed by atoms with Crippen LogP contribution in [0.2, 0.25) is 0 Å². The van der Waals surface area contributed by atoms with Gasteiger partial charge in [0.25, 0.3) is 0 Å². The molecule has 1 aromatic carbocycles. The molecule has 0 radical (unpaired) electrons. The lowest BCUT2D eigenvalue weighted by Gasteiger charge is -2.12. The molecular formula is C11H12BrN3O. The van der Waals surface area contributed by atoms with E-state index in [2.05, 4.69) is 30.8 Å². The molecule has 2 heterocycles. The molecule has 3 rings (SSSR count). The van der Waals surface area contributed by atoms with Crippen molar-refractivity contribution in [3.05, 3.63) is 22.9 Å². The number of hydrogen-bond donors (Lipinski definition) is 2. The first-order chi connectivity index (χ1) is 7.77. The number of nitrogens with zero attached hydrogens (tertiary/aromatic N) is 2. The average Bonchev–Trinajstić information content (AvgIpc) is 2.85. The van der Waals surface area contributed by atoms with Crippen LogP contribution >= 0.6 is 15.9 Å². The third-order valence-corrected chi connectivity index (χ3v) is 3.61. The maximum atomic E-state index is 9.74. The average molecular weight is 282 g/mol. The zero-order valence-corrected chi connectivity index (χ0v) is 10.2. The van der Waals surface area contributed by atoms with E-state index in [9.17, 15) is 5.11 Å². The maximum Gasteiger partial charge on any atom is 0.178 e. The Balaban J connectivity index is 2.22. The Bertz CT molecular complexity index is 531. The van der Waals surface area contributed by atoms with Crippen LogP contribution in [0.3, 0.4) is 0 Å². The molecule has 0 aliphatic carbocycles. The molecule has 1 atom stereocenters. The van der Waals surface area contributed by atoms with Gasteiger partial charge in [0, 0.05) is 12.6 Å². The van der Waals surface area contributed by atoms with E-state index in [0.29, 0.717) is 11.6 Å². The highest BCUT2D eigenvalue weighted by atomic mass is 79.9. The minimum absolute atomic E-state index is 0.239. The van der Waals surface area contributed by atoms with E-state index in [1.165, 1.54) is 0 Å². The lowest BCUT2D eigenvalue weighted by atomic mass is 10.2. The van der Waals surface area contributed by atoms with Crippen molar-refractivity contribution in [2.45, 2.75) is 12.5 Å². The van der Waals surface area contributed by atoms with Gasteiger partial charge in [0.2, 0.25) is 0 Å². The molecule has 2 aromatic rings.